The van der Waals surface area contributed by atoms with E-state index in [2.05, 4.69) is 17.0 Å². The van der Waals surface area contributed by atoms with E-state index in [1.165, 1.54) is 6.07 Å². The van der Waals surface area contributed by atoms with Gasteiger partial charge in [0.25, 0.3) is 0 Å². The highest BCUT2D eigenvalue weighted by atomic mass is 32.2. The molecular formula is C26H30N2O4S. The molecule has 0 radical (unpaired) electrons. The summed E-state index contributed by atoms with van der Waals surface area (Å²) < 4.78 is 34.4. The Hall–Kier alpha value is -3.16. The van der Waals surface area contributed by atoms with Crippen LogP contribution >= 0.6 is 0 Å². The molecule has 0 aromatic heterocycles. The highest BCUT2D eigenvalue weighted by molar-refractivity contribution is 7.89. The molecule has 0 saturated heterocycles. The zero-order chi connectivity index (χ0) is 23.8. The van der Waals surface area contributed by atoms with Crippen molar-refractivity contribution in [1.82, 2.24) is 4.72 Å². The van der Waals surface area contributed by atoms with E-state index in [0.29, 0.717) is 23.6 Å². The minimum absolute atomic E-state index is 0.0848. The van der Waals surface area contributed by atoms with E-state index in [-0.39, 0.29) is 11.3 Å². The molecule has 7 heteroatoms. The zero-order valence-corrected chi connectivity index (χ0v) is 20.0. The molecule has 33 heavy (non-hydrogen) atoms. The van der Waals surface area contributed by atoms with Crippen molar-refractivity contribution in [3.63, 3.8) is 0 Å². The number of amides is 1. The van der Waals surface area contributed by atoms with Gasteiger partial charge in [-0.2, -0.15) is 4.72 Å². The summed E-state index contributed by atoms with van der Waals surface area (Å²) in [5, 5.41) is 2.84. The van der Waals surface area contributed by atoms with Gasteiger partial charge in [-0.25, -0.2) is 8.42 Å². The smallest absolute Gasteiger partial charge is 0.242 e. The zero-order valence-electron chi connectivity index (χ0n) is 19.2. The molecule has 3 rings (SSSR count). The van der Waals surface area contributed by atoms with Crippen molar-refractivity contribution in [2.45, 2.75) is 44.6 Å². The highest BCUT2D eigenvalue weighted by Crippen LogP contribution is 2.22. The number of ether oxygens (including phenoxy) is 1. The molecule has 0 heterocycles. The van der Waals surface area contributed by atoms with Crippen LogP contribution in [0, 0.1) is 6.92 Å². The maximum atomic E-state index is 13.2. The molecule has 0 aliphatic carbocycles. The van der Waals surface area contributed by atoms with Crippen molar-refractivity contribution in [1.29, 1.82) is 0 Å². The van der Waals surface area contributed by atoms with Gasteiger partial charge in [0.15, 0.2) is 0 Å². The summed E-state index contributed by atoms with van der Waals surface area (Å²) in [4.78, 5) is 13.2. The number of carbonyl (C=O) groups is 1. The second-order valence-electron chi connectivity index (χ2n) is 7.76. The molecule has 3 aromatic carbocycles. The molecule has 0 aliphatic heterocycles. The maximum Gasteiger partial charge on any atom is 0.242 e. The van der Waals surface area contributed by atoms with Crippen LogP contribution < -0.4 is 14.8 Å². The Morgan fingerprint density at radius 1 is 0.939 bits per heavy atom. The second kappa shape index (κ2) is 11.1. The monoisotopic (exact) mass is 466 g/mol. The average molecular weight is 467 g/mol. The SMILES string of the molecule is CCOc1ccc(S(=O)(=O)N[C@H](Cc2ccccc2)C(=O)Nc2ccc(CC)cc2)cc1C. The van der Waals surface area contributed by atoms with Crippen LogP contribution in [0.15, 0.2) is 77.7 Å². The molecule has 1 atom stereocenters. The number of rotatable bonds is 10. The summed E-state index contributed by atoms with van der Waals surface area (Å²) in [6.07, 6.45) is 1.11. The van der Waals surface area contributed by atoms with Gasteiger partial charge in [0.2, 0.25) is 15.9 Å². The summed E-state index contributed by atoms with van der Waals surface area (Å²) in [5.74, 6) is 0.208. The molecule has 174 valence electrons. The molecule has 0 aliphatic rings. The van der Waals surface area contributed by atoms with E-state index in [9.17, 15) is 13.2 Å². The number of carbonyl (C=O) groups excluding carboxylic acids is 1. The van der Waals surface area contributed by atoms with Gasteiger partial charge < -0.3 is 10.1 Å². The molecule has 0 saturated carbocycles. The first-order valence-electron chi connectivity index (χ1n) is 11.0. The molecule has 2 N–H and O–H groups in total. The molecule has 0 fully saturated rings. The van der Waals surface area contributed by atoms with Crippen LogP contribution in [-0.4, -0.2) is 27.0 Å². The normalized spacial score (nSPS) is 12.2. The largest absolute Gasteiger partial charge is 0.494 e. The quantitative estimate of drug-likeness (QED) is 0.461. The van der Waals surface area contributed by atoms with Gasteiger partial charge in [-0.3, -0.25) is 4.79 Å². The lowest BCUT2D eigenvalue weighted by Gasteiger charge is -2.19. The summed E-state index contributed by atoms with van der Waals surface area (Å²) in [5.41, 5.74) is 3.33. The number of nitrogens with one attached hydrogen (secondary N) is 2. The first-order chi connectivity index (χ1) is 15.8. The van der Waals surface area contributed by atoms with Crippen molar-refractivity contribution >= 4 is 21.6 Å². The average Bonchev–Trinajstić information content (AvgIpc) is 2.81. The number of hydrogen-bond acceptors (Lipinski definition) is 4. The minimum Gasteiger partial charge on any atom is -0.494 e. The van der Waals surface area contributed by atoms with Gasteiger partial charge in [0.05, 0.1) is 11.5 Å². The maximum absolute atomic E-state index is 13.2. The minimum atomic E-state index is -3.95. The Morgan fingerprint density at radius 3 is 2.24 bits per heavy atom. The van der Waals surface area contributed by atoms with E-state index in [0.717, 1.165) is 17.5 Å². The van der Waals surface area contributed by atoms with Crippen molar-refractivity contribution in [2.24, 2.45) is 0 Å². The predicted molar refractivity (Wildman–Crippen MR) is 131 cm³/mol. The first kappa shape index (κ1) is 24.5. The molecule has 3 aromatic rings. The molecule has 6 nitrogen and oxygen atoms in total. The Bertz CT molecular complexity index is 1180. The number of benzene rings is 3. The van der Waals surface area contributed by atoms with Crippen LogP contribution in [0.3, 0.4) is 0 Å². The molecular weight excluding hydrogens is 436 g/mol. The Labute approximate surface area is 196 Å². The lowest BCUT2D eigenvalue weighted by molar-refractivity contribution is -0.117. The lowest BCUT2D eigenvalue weighted by Crippen LogP contribution is -2.45. The van der Waals surface area contributed by atoms with Crippen LogP contribution in [0.25, 0.3) is 0 Å². The summed E-state index contributed by atoms with van der Waals surface area (Å²) in [7, 11) is -3.95. The van der Waals surface area contributed by atoms with Crippen LogP contribution in [0.2, 0.25) is 0 Å². The van der Waals surface area contributed by atoms with Gasteiger partial charge in [0, 0.05) is 5.69 Å². The van der Waals surface area contributed by atoms with Crippen molar-refractivity contribution in [3.05, 3.63) is 89.5 Å². The molecule has 0 unspecified atom stereocenters. The first-order valence-corrected chi connectivity index (χ1v) is 12.5. The lowest BCUT2D eigenvalue weighted by atomic mass is 10.1. The number of anilines is 1. The van der Waals surface area contributed by atoms with E-state index < -0.39 is 22.0 Å². The summed E-state index contributed by atoms with van der Waals surface area (Å²) in [6.45, 7) is 6.21. The van der Waals surface area contributed by atoms with Gasteiger partial charge >= 0.3 is 0 Å². The van der Waals surface area contributed by atoms with E-state index in [4.69, 9.17) is 4.74 Å². The van der Waals surface area contributed by atoms with Crippen LogP contribution in [-0.2, 0) is 27.7 Å². The van der Waals surface area contributed by atoms with Crippen molar-refractivity contribution in [2.75, 3.05) is 11.9 Å². The number of sulfonamides is 1. The van der Waals surface area contributed by atoms with Crippen LogP contribution in [0.5, 0.6) is 5.75 Å². The van der Waals surface area contributed by atoms with Crippen LogP contribution in [0.4, 0.5) is 5.69 Å². The van der Waals surface area contributed by atoms with Gasteiger partial charge in [-0.1, -0.05) is 49.4 Å². The Morgan fingerprint density at radius 2 is 1.64 bits per heavy atom. The van der Waals surface area contributed by atoms with Gasteiger partial charge in [-0.05, 0) is 73.7 Å². The summed E-state index contributed by atoms with van der Waals surface area (Å²) >= 11 is 0. The fourth-order valence-electron chi connectivity index (χ4n) is 3.45. The number of hydrogen-bond donors (Lipinski definition) is 2. The fourth-order valence-corrected chi connectivity index (χ4v) is 4.73. The van der Waals surface area contributed by atoms with E-state index in [1.54, 1.807) is 19.1 Å². The third-order valence-corrected chi connectivity index (χ3v) is 6.75. The highest BCUT2D eigenvalue weighted by Gasteiger charge is 2.26. The molecule has 1 amide bonds. The fraction of sp³-hybridized carbons (Fsp3) is 0.269. The third-order valence-electron chi connectivity index (χ3n) is 5.28. The molecule has 0 bridgehead atoms. The van der Waals surface area contributed by atoms with Crippen molar-refractivity contribution in [3.8, 4) is 5.75 Å². The Kier molecular flexibility index (Phi) is 8.25. The van der Waals surface area contributed by atoms with Crippen LogP contribution in [0.1, 0.15) is 30.5 Å². The third kappa shape index (κ3) is 6.66. The Balaban J connectivity index is 1.85. The van der Waals surface area contributed by atoms with E-state index in [1.807, 2.05) is 61.5 Å². The van der Waals surface area contributed by atoms with Crippen molar-refractivity contribution < 1.29 is 17.9 Å². The standard InChI is InChI=1S/C26H30N2O4S/c1-4-20-11-13-22(14-12-20)27-26(29)24(18-21-9-7-6-8-10-21)28-33(30,31)23-15-16-25(32-5-2)19(3)17-23/h6-17,24,28H,4-5,18H2,1-3H3,(H,27,29)/t24-/m1/s1. The number of aryl methyl sites for hydroxylation is 2. The molecule has 0 spiro atoms. The second-order valence-corrected chi connectivity index (χ2v) is 9.48. The van der Waals surface area contributed by atoms with E-state index >= 15 is 0 Å². The predicted octanol–water partition coefficient (Wildman–Crippen LogP) is 4.48. The summed E-state index contributed by atoms with van der Waals surface area (Å²) in [6, 6.07) is 20.5. The topological polar surface area (TPSA) is 84.5 Å². The van der Waals surface area contributed by atoms with Gasteiger partial charge in [-0.15, -0.1) is 0 Å². The van der Waals surface area contributed by atoms with Gasteiger partial charge in [0.1, 0.15) is 11.8 Å².